The average Bonchev–Trinajstić information content (AvgIpc) is 2.86. The van der Waals surface area contributed by atoms with Crippen LogP contribution in [-0.4, -0.2) is 9.97 Å². The molecule has 2 aromatic rings. The Morgan fingerprint density at radius 3 is 2.86 bits per heavy atom. The molecule has 2 aromatic heterocycles. The van der Waals surface area contributed by atoms with E-state index < -0.39 is 0 Å². The minimum atomic E-state index is 0.562. The molecule has 0 fully saturated rings. The lowest BCUT2D eigenvalue weighted by Gasteiger charge is -2.01. The molecule has 0 aliphatic rings. The van der Waals surface area contributed by atoms with Crippen molar-refractivity contribution in [1.82, 2.24) is 9.97 Å². The third kappa shape index (κ3) is 1.86. The zero-order valence-electron chi connectivity index (χ0n) is 8.23. The number of aromatic nitrogens is 2. The van der Waals surface area contributed by atoms with Crippen LogP contribution in [-0.2, 0) is 0 Å². The van der Waals surface area contributed by atoms with E-state index in [0.717, 1.165) is 17.8 Å². The second kappa shape index (κ2) is 4.19. The Morgan fingerprint density at radius 1 is 1.36 bits per heavy atom. The van der Waals surface area contributed by atoms with Crippen molar-refractivity contribution in [2.45, 2.75) is 26.2 Å². The van der Waals surface area contributed by atoms with Crippen molar-refractivity contribution in [2.75, 3.05) is 0 Å². The summed E-state index contributed by atoms with van der Waals surface area (Å²) in [6, 6.07) is 0. The topological polar surface area (TPSA) is 25.8 Å². The molecule has 0 saturated carbocycles. The van der Waals surface area contributed by atoms with Crippen LogP contribution in [0.25, 0.3) is 11.4 Å². The Kier molecular flexibility index (Phi) is 2.93. The molecule has 0 aliphatic carbocycles. The van der Waals surface area contributed by atoms with Gasteiger partial charge in [0.1, 0.15) is 11.4 Å². The van der Waals surface area contributed by atoms with Crippen molar-refractivity contribution in [3.63, 3.8) is 0 Å². The minimum absolute atomic E-state index is 0.562. The van der Waals surface area contributed by atoms with E-state index in [1.807, 2.05) is 10.9 Å². The van der Waals surface area contributed by atoms with Gasteiger partial charge in [-0.15, -0.1) is 22.7 Å². The predicted octanol–water partition coefficient (Wildman–Crippen LogP) is 3.78. The largest absolute Gasteiger partial charge is 0.243 e. The number of hydrogen-bond donors (Lipinski definition) is 0. The summed E-state index contributed by atoms with van der Waals surface area (Å²) in [4.78, 5) is 8.83. The van der Waals surface area contributed by atoms with E-state index in [2.05, 4.69) is 29.2 Å². The van der Waals surface area contributed by atoms with Crippen molar-refractivity contribution in [2.24, 2.45) is 0 Å². The molecule has 1 atom stereocenters. The predicted molar refractivity (Wildman–Crippen MR) is 61.9 cm³/mol. The summed E-state index contributed by atoms with van der Waals surface area (Å²) in [5, 5.41) is 5.35. The van der Waals surface area contributed by atoms with Gasteiger partial charge in [-0.1, -0.05) is 13.8 Å². The van der Waals surface area contributed by atoms with Gasteiger partial charge in [-0.2, -0.15) is 0 Å². The van der Waals surface area contributed by atoms with Crippen molar-refractivity contribution >= 4 is 22.7 Å². The van der Waals surface area contributed by atoms with E-state index in [9.17, 15) is 0 Å². The van der Waals surface area contributed by atoms with E-state index in [1.165, 1.54) is 5.01 Å². The molecule has 0 N–H and O–H groups in total. The highest BCUT2D eigenvalue weighted by atomic mass is 32.1. The lowest BCUT2D eigenvalue weighted by Crippen LogP contribution is -1.89. The Hall–Kier alpha value is -0.740. The lowest BCUT2D eigenvalue weighted by molar-refractivity contribution is 0.727. The first-order valence-corrected chi connectivity index (χ1v) is 6.47. The zero-order valence-corrected chi connectivity index (χ0v) is 9.86. The minimum Gasteiger partial charge on any atom is -0.243 e. The number of nitrogens with zero attached hydrogens (tertiary/aromatic N) is 2. The summed E-state index contributed by atoms with van der Waals surface area (Å²) in [5.41, 5.74) is 3.87. The molecule has 4 heteroatoms. The molecular formula is C10H12N2S2. The summed E-state index contributed by atoms with van der Waals surface area (Å²) in [5.74, 6) is 0.562. The monoisotopic (exact) mass is 224 g/mol. The van der Waals surface area contributed by atoms with E-state index in [-0.39, 0.29) is 0 Å². The Morgan fingerprint density at radius 2 is 2.21 bits per heavy atom. The Bertz CT molecular complexity index is 392. The normalized spacial score (nSPS) is 13.0. The Labute approximate surface area is 91.7 Å². The van der Waals surface area contributed by atoms with Gasteiger partial charge in [0.15, 0.2) is 0 Å². The fourth-order valence-corrected chi connectivity index (χ4v) is 2.65. The molecule has 74 valence electrons. The zero-order chi connectivity index (χ0) is 9.97. The molecule has 14 heavy (non-hydrogen) atoms. The van der Waals surface area contributed by atoms with Crippen LogP contribution >= 0.6 is 22.7 Å². The van der Waals surface area contributed by atoms with Crippen molar-refractivity contribution in [3.05, 3.63) is 21.3 Å². The van der Waals surface area contributed by atoms with E-state index >= 15 is 0 Å². The average molecular weight is 224 g/mol. The van der Waals surface area contributed by atoms with Gasteiger partial charge in [0, 0.05) is 16.7 Å². The van der Waals surface area contributed by atoms with Crippen molar-refractivity contribution in [3.8, 4) is 11.4 Å². The molecule has 0 aromatic carbocycles. The van der Waals surface area contributed by atoms with Gasteiger partial charge in [-0.05, 0) is 6.42 Å². The standard InChI is InChI=1S/C10H12N2S2/c1-3-7(2)10-12-9(5-14-10)8-4-13-6-11-8/h4-7H,3H2,1-2H3. The van der Waals surface area contributed by atoms with Gasteiger partial charge in [0.05, 0.1) is 10.5 Å². The number of hydrogen-bond acceptors (Lipinski definition) is 4. The first-order chi connectivity index (χ1) is 6.81. The van der Waals surface area contributed by atoms with Crippen molar-refractivity contribution < 1.29 is 0 Å². The molecule has 0 amide bonds. The SMILES string of the molecule is CCC(C)c1nc(-c2cscn2)cs1. The first-order valence-electron chi connectivity index (χ1n) is 4.65. The second-order valence-electron chi connectivity index (χ2n) is 3.25. The van der Waals surface area contributed by atoms with Crippen LogP contribution in [0.15, 0.2) is 16.3 Å². The van der Waals surface area contributed by atoms with Crippen LogP contribution in [0.5, 0.6) is 0 Å². The van der Waals surface area contributed by atoms with Crippen LogP contribution in [0.4, 0.5) is 0 Å². The highest BCUT2D eigenvalue weighted by molar-refractivity contribution is 7.10. The highest BCUT2D eigenvalue weighted by Gasteiger charge is 2.10. The van der Waals surface area contributed by atoms with E-state index in [1.54, 1.807) is 22.7 Å². The maximum Gasteiger partial charge on any atom is 0.101 e. The van der Waals surface area contributed by atoms with Crippen LogP contribution in [0.3, 0.4) is 0 Å². The maximum absolute atomic E-state index is 4.59. The smallest absolute Gasteiger partial charge is 0.101 e. The fraction of sp³-hybridized carbons (Fsp3) is 0.400. The Balaban J connectivity index is 2.26. The molecule has 0 radical (unpaired) electrons. The van der Waals surface area contributed by atoms with Gasteiger partial charge in [-0.3, -0.25) is 0 Å². The third-order valence-electron chi connectivity index (χ3n) is 2.25. The maximum atomic E-state index is 4.59. The number of thiazole rings is 2. The summed E-state index contributed by atoms with van der Waals surface area (Å²) in [6.45, 7) is 4.40. The van der Waals surface area contributed by atoms with Gasteiger partial charge in [-0.25, -0.2) is 9.97 Å². The molecule has 2 heterocycles. The molecule has 0 spiro atoms. The van der Waals surface area contributed by atoms with Gasteiger partial charge >= 0.3 is 0 Å². The molecule has 1 unspecified atom stereocenters. The number of rotatable bonds is 3. The molecular weight excluding hydrogens is 212 g/mol. The molecule has 0 bridgehead atoms. The van der Waals surface area contributed by atoms with E-state index in [4.69, 9.17) is 0 Å². The molecule has 2 rings (SSSR count). The molecule has 0 aliphatic heterocycles. The van der Waals surface area contributed by atoms with Crippen LogP contribution in [0.2, 0.25) is 0 Å². The summed E-state index contributed by atoms with van der Waals surface area (Å²) in [6.07, 6.45) is 1.14. The fourth-order valence-electron chi connectivity index (χ4n) is 1.15. The quantitative estimate of drug-likeness (QED) is 0.793. The summed E-state index contributed by atoms with van der Waals surface area (Å²) in [7, 11) is 0. The van der Waals surface area contributed by atoms with Crippen molar-refractivity contribution in [1.29, 1.82) is 0 Å². The third-order valence-corrected chi connectivity index (χ3v) is 3.91. The summed E-state index contributed by atoms with van der Waals surface area (Å²) < 4.78 is 0. The van der Waals surface area contributed by atoms with E-state index in [0.29, 0.717) is 5.92 Å². The molecule has 0 saturated heterocycles. The summed E-state index contributed by atoms with van der Waals surface area (Å²) >= 11 is 3.35. The van der Waals surface area contributed by atoms with Gasteiger partial charge < -0.3 is 0 Å². The van der Waals surface area contributed by atoms with Crippen LogP contribution < -0.4 is 0 Å². The van der Waals surface area contributed by atoms with Crippen LogP contribution in [0, 0.1) is 0 Å². The van der Waals surface area contributed by atoms with Gasteiger partial charge in [0.2, 0.25) is 0 Å². The molecule has 2 nitrogen and oxygen atoms in total. The van der Waals surface area contributed by atoms with Gasteiger partial charge in [0.25, 0.3) is 0 Å². The first kappa shape index (κ1) is 9.80. The lowest BCUT2D eigenvalue weighted by atomic mass is 10.1. The second-order valence-corrected chi connectivity index (χ2v) is 4.86. The highest BCUT2D eigenvalue weighted by Crippen LogP contribution is 2.27. The van der Waals surface area contributed by atoms with Crippen LogP contribution in [0.1, 0.15) is 31.2 Å².